The summed E-state index contributed by atoms with van der Waals surface area (Å²) in [4.78, 5) is 33.6. The Morgan fingerprint density at radius 2 is 1.94 bits per heavy atom. The second-order valence-electron chi connectivity index (χ2n) is 2.89. The zero-order chi connectivity index (χ0) is 16.8. The highest BCUT2D eigenvalue weighted by Gasteiger charge is 2.18. The first kappa shape index (κ1) is 9.44. The molecule has 98 valence electrons. The third-order valence-electron chi connectivity index (χ3n) is 1.42. The molecule has 0 N–H and O–H groups in total. The average Bonchev–Trinajstić information content (AvgIpc) is 2.25. The summed E-state index contributed by atoms with van der Waals surface area (Å²) < 4.78 is 43.0. The fraction of sp³-hybridized carbons (Fsp3) is 0.727. The summed E-state index contributed by atoms with van der Waals surface area (Å²) >= 11 is 0. The SMILES string of the molecule is [2H]C([2H])(CC([2H])([2H])C(=O)O[C@@H](C)C(=O)OCC)OC(C)=O. The summed E-state index contributed by atoms with van der Waals surface area (Å²) in [6.07, 6.45) is -5.17. The molecule has 0 aromatic rings. The summed E-state index contributed by atoms with van der Waals surface area (Å²) in [5, 5.41) is 0. The number of carbonyl (C=O) groups is 3. The van der Waals surface area contributed by atoms with E-state index in [-0.39, 0.29) is 6.61 Å². The van der Waals surface area contributed by atoms with Gasteiger partial charge in [-0.05, 0) is 20.3 Å². The Morgan fingerprint density at radius 1 is 1.29 bits per heavy atom. The molecule has 0 unspecified atom stereocenters. The zero-order valence-electron chi connectivity index (χ0n) is 13.9. The molecule has 17 heavy (non-hydrogen) atoms. The fourth-order valence-corrected chi connectivity index (χ4v) is 0.756. The molecular weight excluding hydrogens is 228 g/mol. The van der Waals surface area contributed by atoms with Crippen LogP contribution in [0.5, 0.6) is 0 Å². The first-order chi connectivity index (χ1) is 9.41. The fourth-order valence-electron chi connectivity index (χ4n) is 0.756. The van der Waals surface area contributed by atoms with Crippen molar-refractivity contribution >= 4 is 17.9 Å². The van der Waals surface area contributed by atoms with E-state index in [1.165, 1.54) is 6.92 Å². The number of rotatable bonds is 7. The second kappa shape index (κ2) is 8.55. The molecule has 6 nitrogen and oxygen atoms in total. The standard InChI is InChI=1S/C11H18O6/c1-4-15-11(14)8(2)17-10(13)6-5-7-16-9(3)12/h8H,4-7H2,1-3H3/t8-/m0/s1/i6D2,7D2. The predicted octanol–water partition coefficient (Wildman–Crippen LogP) is 0.825. The van der Waals surface area contributed by atoms with Gasteiger partial charge < -0.3 is 14.2 Å². The van der Waals surface area contributed by atoms with Crippen molar-refractivity contribution in [3.8, 4) is 0 Å². The van der Waals surface area contributed by atoms with E-state index in [0.29, 0.717) is 0 Å². The second-order valence-corrected chi connectivity index (χ2v) is 2.89. The smallest absolute Gasteiger partial charge is 0.347 e. The molecule has 0 heterocycles. The molecule has 0 aliphatic heterocycles. The van der Waals surface area contributed by atoms with Gasteiger partial charge in [-0.2, -0.15) is 0 Å². The largest absolute Gasteiger partial charge is 0.466 e. The molecule has 0 radical (unpaired) electrons. The Kier molecular flexibility index (Phi) is 4.75. The van der Waals surface area contributed by atoms with Gasteiger partial charge in [0.1, 0.15) is 0 Å². The highest BCUT2D eigenvalue weighted by molar-refractivity contribution is 5.78. The summed E-state index contributed by atoms with van der Waals surface area (Å²) in [7, 11) is 0. The van der Waals surface area contributed by atoms with Gasteiger partial charge >= 0.3 is 17.9 Å². The quantitative estimate of drug-likeness (QED) is 0.492. The molecule has 0 fully saturated rings. The van der Waals surface area contributed by atoms with Crippen LogP contribution in [-0.2, 0) is 28.6 Å². The molecule has 6 heteroatoms. The molecule has 1 atom stereocenters. The maximum Gasteiger partial charge on any atom is 0.347 e. The van der Waals surface area contributed by atoms with Gasteiger partial charge in [0.05, 0.1) is 15.9 Å². The monoisotopic (exact) mass is 250 g/mol. The van der Waals surface area contributed by atoms with Crippen LogP contribution in [-0.4, -0.2) is 37.2 Å². The van der Waals surface area contributed by atoms with Crippen LogP contribution in [0.25, 0.3) is 0 Å². The molecular formula is C11H18O6. The maximum absolute atomic E-state index is 11.6. The van der Waals surface area contributed by atoms with Crippen LogP contribution in [0.4, 0.5) is 0 Å². The molecule has 0 rings (SSSR count). The van der Waals surface area contributed by atoms with Crippen molar-refractivity contribution in [1.82, 2.24) is 0 Å². The Balaban J connectivity index is 4.72. The van der Waals surface area contributed by atoms with Crippen LogP contribution < -0.4 is 0 Å². The predicted molar refractivity (Wildman–Crippen MR) is 58.1 cm³/mol. The van der Waals surface area contributed by atoms with Gasteiger partial charge in [0.15, 0.2) is 6.10 Å². The summed E-state index contributed by atoms with van der Waals surface area (Å²) in [6, 6.07) is 0. The van der Waals surface area contributed by atoms with Crippen molar-refractivity contribution in [3.05, 3.63) is 0 Å². The molecule has 0 bridgehead atoms. The normalized spacial score (nSPS) is 16.6. The summed E-state index contributed by atoms with van der Waals surface area (Å²) in [6.45, 7) is 1.10. The highest BCUT2D eigenvalue weighted by atomic mass is 16.6. The first-order valence-corrected chi connectivity index (χ1v) is 4.98. The molecule has 0 saturated heterocycles. The van der Waals surface area contributed by atoms with Gasteiger partial charge in [0, 0.05) is 16.0 Å². The Hall–Kier alpha value is -1.59. The van der Waals surface area contributed by atoms with Crippen molar-refractivity contribution < 1.29 is 34.1 Å². The van der Waals surface area contributed by atoms with Gasteiger partial charge in [-0.1, -0.05) is 0 Å². The number of esters is 3. The number of hydrogen-bond donors (Lipinski definition) is 0. The van der Waals surface area contributed by atoms with Gasteiger partial charge in [-0.3, -0.25) is 9.59 Å². The third kappa shape index (κ3) is 8.24. The lowest BCUT2D eigenvalue weighted by molar-refractivity contribution is -0.166. The van der Waals surface area contributed by atoms with Gasteiger partial charge in [0.25, 0.3) is 0 Å². The van der Waals surface area contributed by atoms with E-state index in [0.717, 1.165) is 6.92 Å². The molecule has 0 aromatic carbocycles. The van der Waals surface area contributed by atoms with Crippen molar-refractivity contribution in [2.75, 3.05) is 13.2 Å². The first-order valence-electron chi connectivity index (χ1n) is 6.98. The Labute approximate surface area is 106 Å². The van der Waals surface area contributed by atoms with Crippen LogP contribution in [0.15, 0.2) is 0 Å². The topological polar surface area (TPSA) is 78.9 Å². The lowest BCUT2D eigenvalue weighted by atomic mass is 10.3. The Morgan fingerprint density at radius 3 is 2.47 bits per heavy atom. The van der Waals surface area contributed by atoms with Crippen molar-refractivity contribution in [2.24, 2.45) is 0 Å². The minimum atomic E-state index is -2.78. The summed E-state index contributed by atoms with van der Waals surface area (Å²) in [5.74, 6) is -3.24. The van der Waals surface area contributed by atoms with Gasteiger partial charge in [-0.25, -0.2) is 4.79 Å². The molecule has 0 aliphatic carbocycles. The lowest BCUT2D eigenvalue weighted by Gasteiger charge is -2.11. The van der Waals surface area contributed by atoms with Crippen LogP contribution >= 0.6 is 0 Å². The third-order valence-corrected chi connectivity index (χ3v) is 1.42. The van der Waals surface area contributed by atoms with E-state index >= 15 is 0 Å². The van der Waals surface area contributed by atoms with E-state index in [1.807, 2.05) is 0 Å². The van der Waals surface area contributed by atoms with Gasteiger partial charge in [-0.15, -0.1) is 0 Å². The number of carbonyl (C=O) groups excluding carboxylic acids is 3. The van der Waals surface area contributed by atoms with Crippen LogP contribution in [0.1, 0.15) is 39.0 Å². The minimum Gasteiger partial charge on any atom is -0.466 e. The van der Waals surface area contributed by atoms with Crippen LogP contribution in [0.3, 0.4) is 0 Å². The van der Waals surface area contributed by atoms with Crippen molar-refractivity contribution in [3.63, 3.8) is 0 Å². The number of ether oxygens (including phenoxy) is 3. The molecule has 0 spiro atoms. The van der Waals surface area contributed by atoms with E-state index < -0.39 is 43.4 Å². The van der Waals surface area contributed by atoms with E-state index in [1.54, 1.807) is 6.92 Å². The zero-order valence-corrected chi connectivity index (χ0v) is 9.94. The molecule has 0 saturated carbocycles. The van der Waals surface area contributed by atoms with Crippen LogP contribution in [0.2, 0.25) is 0 Å². The average molecular weight is 250 g/mol. The highest BCUT2D eigenvalue weighted by Crippen LogP contribution is 2.00. The lowest BCUT2D eigenvalue weighted by Crippen LogP contribution is -2.26. The minimum absolute atomic E-state index is 0.0720. The number of hydrogen-bond acceptors (Lipinski definition) is 6. The molecule has 0 aromatic heterocycles. The maximum atomic E-state index is 11.6. The van der Waals surface area contributed by atoms with E-state index in [2.05, 4.69) is 14.2 Å². The van der Waals surface area contributed by atoms with Gasteiger partial charge in [0.2, 0.25) is 0 Å². The molecule has 0 aliphatic rings. The van der Waals surface area contributed by atoms with Crippen LogP contribution in [0, 0.1) is 0 Å². The van der Waals surface area contributed by atoms with Crippen molar-refractivity contribution in [1.29, 1.82) is 0 Å². The van der Waals surface area contributed by atoms with E-state index in [9.17, 15) is 14.4 Å². The van der Waals surface area contributed by atoms with E-state index in [4.69, 9.17) is 5.48 Å². The summed E-state index contributed by atoms with van der Waals surface area (Å²) in [5.41, 5.74) is 0. The Bertz CT molecular complexity index is 410. The van der Waals surface area contributed by atoms with Crippen molar-refractivity contribution in [2.45, 2.75) is 39.7 Å². The molecule has 0 amide bonds.